The summed E-state index contributed by atoms with van der Waals surface area (Å²) in [6.45, 7) is 9.54. The van der Waals surface area contributed by atoms with Crippen LogP contribution >= 0.6 is 0 Å². The number of nitrogens with zero attached hydrogens (tertiary/aromatic N) is 1. The highest BCUT2D eigenvalue weighted by atomic mass is 16.5. The van der Waals surface area contributed by atoms with Crippen LogP contribution in [-0.4, -0.2) is 31.4 Å². The van der Waals surface area contributed by atoms with Crippen molar-refractivity contribution < 1.29 is 9.53 Å². The lowest BCUT2D eigenvalue weighted by Gasteiger charge is -2.24. The summed E-state index contributed by atoms with van der Waals surface area (Å²) in [4.78, 5) is 13.3. The van der Waals surface area contributed by atoms with Crippen LogP contribution in [0.5, 0.6) is 5.75 Å². The molecular formula is C16H25NO2. The van der Waals surface area contributed by atoms with Crippen molar-refractivity contribution in [2.75, 3.05) is 20.2 Å². The number of ether oxygens (including phenoxy) is 1. The smallest absolute Gasteiger partial charge is 0.150 e. The topological polar surface area (TPSA) is 29.5 Å². The minimum atomic E-state index is 0.681. The first-order valence-electron chi connectivity index (χ1n) is 6.99. The number of hydrogen-bond donors (Lipinski definition) is 0. The normalized spacial score (nSPS) is 12.5. The molecule has 3 nitrogen and oxygen atoms in total. The Morgan fingerprint density at radius 2 is 2.11 bits per heavy atom. The van der Waals surface area contributed by atoms with Gasteiger partial charge in [-0.05, 0) is 30.7 Å². The molecule has 3 heteroatoms. The molecule has 0 fully saturated rings. The molecule has 19 heavy (non-hydrogen) atoms. The Labute approximate surface area is 116 Å². The molecule has 0 saturated carbocycles. The summed E-state index contributed by atoms with van der Waals surface area (Å²) in [5.41, 5.74) is 1.78. The molecule has 1 aromatic rings. The van der Waals surface area contributed by atoms with Crippen molar-refractivity contribution in [1.29, 1.82) is 0 Å². The Kier molecular flexibility index (Phi) is 6.57. The fourth-order valence-electron chi connectivity index (χ4n) is 2.11. The molecule has 1 unspecified atom stereocenters. The molecule has 0 radical (unpaired) electrons. The summed E-state index contributed by atoms with van der Waals surface area (Å²) < 4.78 is 5.38. The van der Waals surface area contributed by atoms with Gasteiger partial charge in [-0.1, -0.05) is 27.2 Å². The van der Waals surface area contributed by atoms with Crippen LogP contribution in [0.3, 0.4) is 0 Å². The molecule has 106 valence electrons. The number of carbonyl (C=O) groups excluding carboxylic acids is 1. The van der Waals surface area contributed by atoms with Gasteiger partial charge in [0.2, 0.25) is 0 Å². The van der Waals surface area contributed by atoms with Crippen LogP contribution in [0.15, 0.2) is 18.2 Å². The van der Waals surface area contributed by atoms with E-state index >= 15 is 0 Å². The molecule has 1 aromatic carbocycles. The fraction of sp³-hybridized carbons (Fsp3) is 0.562. The van der Waals surface area contributed by atoms with Crippen molar-refractivity contribution in [3.8, 4) is 5.75 Å². The van der Waals surface area contributed by atoms with Gasteiger partial charge in [-0.3, -0.25) is 9.69 Å². The lowest BCUT2D eigenvalue weighted by atomic mass is 10.1. The van der Waals surface area contributed by atoms with Crippen LogP contribution in [0.25, 0.3) is 0 Å². The number of aldehydes is 1. The summed E-state index contributed by atoms with van der Waals surface area (Å²) in [7, 11) is 1.67. The number of carbonyl (C=O) groups is 1. The van der Waals surface area contributed by atoms with Crippen molar-refractivity contribution in [3.63, 3.8) is 0 Å². The highest BCUT2D eigenvalue weighted by Crippen LogP contribution is 2.21. The number of hydrogen-bond acceptors (Lipinski definition) is 3. The highest BCUT2D eigenvalue weighted by molar-refractivity contribution is 5.75. The van der Waals surface area contributed by atoms with Crippen LogP contribution in [0, 0.1) is 5.92 Å². The van der Waals surface area contributed by atoms with Crippen molar-refractivity contribution in [2.45, 2.75) is 33.7 Å². The standard InChI is InChI=1S/C16H25NO2/c1-5-13(3)10-17(6-2)11-15-9-14(12-18)7-8-16(15)19-4/h7-9,12-13H,5-6,10-11H2,1-4H3. The predicted molar refractivity (Wildman–Crippen MR) is 78.8 cm³/mol. The van der Waals surface area contributed by atoms with Gasteiger partial charge in [-0.2, -0.15) is 0 Å². The van der Waals surface area contributed by atoms with E-state index in [0.717, 1.165) is 37.2 Å². The molecule has 0 heterocycles. The second-order valence-electron chi connectivity index (χ2n) is 5.03. The van der Waals surface area contributed by atoms with Gasteiger partial charge in [0, 0.05) is 24.2 Å². The van der Waals surface area contributed by atoms with Crippen LogP contribution in [0.4, 0.5) is 0 Å². The lowest BCUT2D eigenvalue weighted by Crippen LogP contribution is -2.28. The van der Waals surface area contributed by atoms with E-state index < -0.39 is 0 Å². The molecule has 0 bridgehead atoms. The molecule has 0 aliphatic heterocycles. The van der Waals surface area contributed by atoms with E-state index in [1.165, 1.54) is 6.42 Å². The Balaban J connectivity index is 2.85. The first-order valence-corrected chi connectivity index (χ1v) is 6.99. The maximum Gasteiger partial charge on any atom is 0.150 e. The number of rotatable bonds is 8. The summed E-state index contributed by atoms with van der Waals surface area (Å²) >= 11 is 0. The number of methoxy groups -OCH3 is 1. The second-order valence-corrected chi connectivity index (χ2v) is 5.03. The lowest BCUT2D eigenvalue weighted by molar-refractivity contribution is 0.112. The third kappa shape index (κ3) is 4.67. The third-order valence-electron chi connectivity index (χ3n) is 3.55. The minimum Gasteiger partial charge on any atom is -0.496 e. The summed E-state index contributed by atoms with van der Waals surface area (Å²) in [5, 5.41) is 0. The van der Waals surface area contributed by atoms with Gasteiger partial charge in [-0.25, -0.2) is 0 Å². The SMILES string of the molecule is CCC(C)CN(CC)Cc1cc(C=O)ccc1OC. The molecule has 0 saturated heterocycles. The van der Waals surface area contributed by atoms with E-state index in [1.54, 1.807) is 13.2 Å². The second kappa shape index (κ2) is 7.95. The Bertz CT molecular complexity index is 404. The van der Waals surface area contributed by atoms with Gasteiger partial charge < -0.3 is 4.74 Å². The molecule has 0 N–H and O–H groups in total. The molecular weight excluding hydrogens is 238 g/mol. The van der Waals surface area contributed by atoms with Crippen molar-refractivity contribution in [1.82, 2.24) is 4.90 Å². The Hall–Kier alpha value is -1.35. The molecule has 0 aliphatic carbocycles. The van der Waals surface area contributed by atoms with Crippen LogP contribution in [0.1, 0.15) is 43.1 Å². The largest absolute Gasteiger partial charge is 0.496 e. The molecule has 0 amide bonds. The summed E-state index contributed by atoms with van der Waals surface area (Å²) in [6, 6.07) is 5.58. The van der Waals surface area contributed by atoms with E-state index in [4.69, 9.17) is 4.74 Å². The van der Waals surface area contributed by atoms with Gasteiger partial charge >= 0.3 is 0 Å². The van der Waals surface area contributed by atoms with E-state index in [9.17, 15) is 4.79 Å². The van der Waals surface area contributed by atoms with Gasteiger partial charge in [0.1, 0.15) is 12.0 Å². The van der Waals surface area contributed by atoms with Crippen molar-refractivity contribution in [2.24, 2.45) is 5.92 Å². The maximum absolute atomic E-state index is 10.9. The van der Waals surface area contributed by atoms with E-state index in [2.05, 4.69) is 25.7 Å². The van der Waals surface area contributed by atoms with Crippen molar-refractivity contribution >= 4 is 6.29 Å². The zero-order valence-electron chi connectivity index (χ0n) is 12.5. The summed E-state index contributed by atoms with van der Waals surface area (Å²) in [6.07, 6.45) is 2.07. The predicted octanol–water partition coefficient (Wildman–Crippen LogP) is 3.38. The van der Waals surface area contributed by atoms with Crippen molar-refractivity contribution in [3.05, 3.63) is 29.3 Å². The molecule has 0 spiro atoms. The average Bonchev–Trinajstić information content (AvgIpc) is 2.45. The van der Waals surface area contributed by atoms with E-state index in [1.807, 2.05) is 12.1 Å². The van der Waals surface area contributed by atoms with Crippen LogP contribution in [-0.2, 0) is 6.54 Å². The minimum absolute atomic E-state index is 0.681. The Morgan fingerprint density at radius 3 is 2.63 bits per heavy atom. The van der Waals surface area contributed by atoms with Gasteiger partial charge in [-0.15, -0.1) is 0 Å². The van der Waals surface area contributed by atoms with Crippen LogP contribution in [0.2, 0.25) is 0 Å². The maximum atomic E-state index is 10.9. The average molecular weight is 263 g/mol. The number of benzene rings is 1. The molecule has 1 rings (SSSR count). The quantitative estimate of drug-likeness (QED) is 0.673. The van der Waals surface area contributed by atoms with E-state index in [-0.39, 0.29) is 0 Å². The molecule has 0 aromatic heterocycles. The molecule has 0 aliphatic rings. The van der Waals surface area contributed by atoms with Gasteiger partial charge in [0.15, 0.2) is 0 Å². The van der Waals surface area contributed by atoms with Gasteiger partial charge in [0.05, 0.1) is 7.11 Å². The first-order chi connectivity index (χ1) is 9.14. The highest BCUT2D eigenvalue weighted by Gasteiger charge is 2.11. The monoisotopic (exact) mass is 263 g/mol. The Morgan fingerprint density at radius 1 is 1.37 bits per heavy atom. The van der Waals surface area contributed by atoms with Crippen LogP contribution < -0.4 is 4.74 Å². The molecule has 1 atom stereocenters. The summed E-state index contributed by atoms with van der Waals surface area (Å²) in [5.74, 6) is 1.54. The third-order valence-corrected chi connectivity index (χ3v) is 3.55. The van der Waals surface area contributed by atoms with Gasteiger partial charge in [0.25, 0.3) is 0 Å². The zero-order valence-corrected chi connectivity index (χ0v) is 12.5. The zero-order chi connectivity index (χ0) is 14.3. The van der Waals surface area contributed by atoms with E-state index in [0.29, 0.717) is 11.5 Å². The fourth-order valence-corrected chi connectivity index (χ4v) is 2.11. The first kappa shape index (κ1) is 15.7.